The van der Waals surface area contributed by atoms with Crippen LogP contribution in [0.25, 0.3) is 0 Å². The summed E-state index contributed by atoms with van der Waals surface area (Å²) in [7, 11) is -2.08. The smallest absolute Gasteiger partial charge is 0.406 e. The first kappa shape index (κ1) is 22.1. The van der Waals surface area contributed by atoms with E-state index in [1.165, 1.54) is 27.5 Å². The molecule has 1 fully saturated rings. The van der Waals surface area contributed by atoms with Gasteiger partial charge in [0.2, 0.25) is 0 Å². The SMILES string of the molecule is Cc1nc(S(=O)(=O)N2CCCN(C(=O)c3ccc(OC(F)(F)F)cc3)CC2)cn1C. The average molecular weight is 446 g/mol. The molecule has 2 heterocycles. The summed E-state index contributed by atoms with van der Waals surface area (Å²) in [5.41, 5.74) is 0.196. The molecule has 1 aliphatic rings. The summed E-state index contributed by atoms with van der Waals surface area (Å²) < 4.78 is 69.2. The first-order chi connectivity index (χ1) is 14.0. The topological polar surface area (TPSA) is 84.7 Å². The van der Waals surface area contributed by atoms with Gasteiger partial charge in [-0.15, -0.1) is 13.2 Å². The zero-order valence-electron chi connectivity index (χ0n) is 16.4. The van der Waals surface area contributed by atoms with Gasteiger partial charge in [-0.25, -0.2) is 13.4 Å². The van der Waals surface area contributed by atoms with Gasteiger partial charge in [0.15, 0.2) is 5.03 Å². The van der Waals surface area contributed by atoms with Crippen molar-refractivity contribution in [2.75, 3.05) is 26.2 Å². The molecule has 0 spiro atoms. The van der Waals surface area contributed by atoms with E-state index in [0.29, 0.717) is 18.8 Å². The molecule has 1 saturated heterocycles. The fourth-order valence-electron chi connectivity index (χ4n) is 3.10. The van der Waals surface area contributed by atoms with Crippen molar-refractivity contribution in [3.63, 3.8) is 0 Å². The van der Waals surface area contributed by atoms with Gasteiger partial charge in [-0.1, -0.05) is 0 Å². The minimum atomic E-state index is -4.81. The Kier molecular flexibility index (Phi) is 6.09. The first-order valence-corrected chi connectivity index (χ1v) is 10.6. The van der Waals surface area contributed by atoms with E-state index >= 15 is 0 Å². The van der Waals surface area contributed by atoms with Gasteiger partial charge in [-0.2, -0.15) is 4.31 Å². The molecular weight excluding hydrogens is 425 g/mol. The maximum absolute atomic E-state index is 12.8. The minimum absolute atomic E-state index is 0.0393. The number of nitrogens with zero attached hydrogens (tertiary/aromatic N) is 4. The number of imidazole rings is 1. The Morgan fingerprint density at radius 2 is 1.77 bits per heavy atom. The standard InChI is InChI=1S/C18H21F3N4O4S/c1-13-22-16(12-23(13)2)30(27,28)25-9-3-8-24(10-11-25)17(26)14-4-6-15(7-5-14)29-18(19,20)21/h4-7,12H,3,8-11H2,1-2H3. The molecular formula is C18H21F3N4O4S. The second-order valence-electron chi connectivity index (χ2n) is 6.86. The lowest BCUT2D eigenvalue weighted by molar-refractivity contribution is -0.274. The van der Waals surface area contributed by atoms with Crippen LogP contribution in [0.2, 0.25) is 0 Å². The minimum Gasteiger partial charge on any atom is -0.406 e. The van der Waals surface area contributed by atoms with Gasteiger partial charge in [-0.05, 0) is 37.6 Å². The summed E-state index contributed by atoms with van der Waals surface area (Å²) in [6.45, 7) is 2.52. The highest BCUT2D eigenvalue weighted by Gasteiger charge is 2.32. The number of carbonyl (C=O) groups excluding carboxylic acids is 1. The van der Waals surface area contributed by atoms with Crippen molar-refractivity contribution in [2.45, 2.75) is 24.7 Å². The zero-order valence-corrected chi connectivity index (χ0v) is 17.2. The summed E-state index contributed by atoms with van der Waals surface area (Å²) >= 11 is 0. The van der Waals surface area contributed by atoms with E-state index in [4.69, 9.17) is 0 Å². The van der Waals surface area contributed by atoms with Crippen molar-refractivity contribution < 1.29 is 31.1 Å². The summed E-state index contributed by atoms with van der Waals surface area (Å²) in [5.74, 6) is -0.238. The van der Waals surface area contributed by atoms with Crippen molar-refractivity contribution >= 4 is 15.9 Å². The molecule has 0 bridgehead atoms. The third-order valence-electron chi connectivity index (χ3n) is 4.77. The van der Waals surface area contributed by atoms with Crippen molar-refractivity contribution in [1.82, 2.24) is 18.8 Å². The zero-order chi connectivity index (χ0) is 22.1. The molecule has 1 amide bonds. The molecule has 0 N–H and O–H groups in total. The molecule has 12 heteroatoms. The van der Waals surface area contributed by atoms with Crippen LogP contribution in [0.5, 0.6) is 5.75 Å². The van der Waals surface area contributed by atoms with Gasteiger partial charge in [0, 0.05) is 45.0 Å². The molecule has 3 rings (SSSR count). The predicted octanol–water partition coefficient (Wildman–Crippen LogP) is 2.16. The number of hydrogen-bond donors (Lipinski definition) is 0. The van der Waals surface area contributed by atoms with E-state index in [1.807, 2.05) is 0 Å². The number of hydrogen-bond acceptors (Lipinski definition) is 5. The van der Waals surface area contributed by atoms with Gasteiger partial charge in [-0.3, -0.25) is 4.79 Å². The molecule has 0 unspecified atom stereocenters. The monoisotopic (exact) mass is 446 g/mol. The highest BCUT2D eigenvalue weighted by Crippen LogP contribution is 2.23. The first-order valence-electron chi connectivity index (χ1n) is 9.12. The Hall–Kier alpha value is -2.60. The number of amides is 1. The van der Waals surface area contributed by atoms with Crippen LogP contribution >= 0.6 is 0 Å². The largest absolute Gasteiger partial charge is 0.573 e. The lowest BCUT2D eigenvalue weighted by Crippen LogP contribution is -2.37. The normalized spacial score (nSPS) is 16.4. The number of aryl methyl sites for hydroxylation is 2. The molecule has 0 saturated carbocycles. The molecule has 164 valence electrons. The van der Waals surface area contributed by atoms with Gasteiger partial charge in [0.05, 0.1) is 0 Å². The molecule has 1 aromatic heterocycles. The van der Waals surface area contributed by atoms with Crippen LogP contribution in [0, 0.1) is 6.92 Å². The number of sulfonamides is 1. The van der Waals surface area contributed by atoms with E-state index in [9.17, 15) is 26.4 Å². The highest BCUT2D eigenvalue weighted by molar-refractivity contribution is 7.89. The van der Waals surface area contributed by atoms with Crippen LogP contribution in [-0.4, -0.2) is 65.6 Å². The number of ether oxygens (including phenoxy) is 1. The second kappa shape index (κ2) is 8.26. The summed E-state index contributed by atoms with van der Waals surface area (Å²) in [4.78, 5) is 18.3. The van der Waals surface area contributed by atoms with Crippen molar-refractivity contribution in [1.29, 1.82) is 0 Å². The molecule has 0 radical (unpaired) electrons. The number of aromatic nitrogens is 2. The maximum Gasteiger partial charge on any atom is 0.573 e. The van der Waals surface area contributed by atoms with Crippen molar-refractivity contribution in [3.05, 3.63) is 41.9 Å². The van der Waals surface area contributed by atoms with Gasteiger partial charge >= 0.3 is 6.36 Å². The van der Waals surface area contributed by atoms with Crippen molar-refractivity contribution in [3.8, 4) is 5.75 Å². The Bertz CT molecular complexity index is 1000. The molecule has 2 aromatic rings. The summed E-state index contributed by atoms with van der Waals surface area (Å²) in [6, 6.07) is 4.64. The fraction of sp³-hybridized carbons (Fsp3) is 0.444. The van der Waals surface area contributed by atoms with E-state index in [0.717, 1.165) is 12.1 Å². The fourth-order valence-corrected chi connectivity index (χ4v) is 4.60. The van der Waals surface area contributed by atoms with Gasteiger partial charge < -0.3 is 14.2 Å². The van der Waals surface area contributed by atoms with Crippen LogP contribution in [0.1, 0.15) is 22.6 Å². The van der Waals surface area contributed by atoms with Crippen LogP contribution in [0.3, 0.4) is 0 Å². The van der Waals surface area contributed by atoms with E-state index in [1.54, 1.807) is 18.5 Å². The molecule has 30 heavy (non-hydrogen) atoms. The molecule has 1 aromatic carbocycles. The predicted molar refractivity (Wildman–Crippen MR) is 100 cm³/mol. The molecule has 0 aliphatic carbocycles. The molecule has 0 atom stereocenters. The number of halogens is 3. The number of rotatable bonds is 4. The summed E-state index contributed by atoms with van der Waals surface area (Å²) in [5, 5.41) is -0.0393. The Balaban J connectivity index is 1.68. The van der Waals surface area contributed by atoms with Gasteiger partial charge in [0.25, 0.3) is 15.9 Å². The quantitative estimate of drug-likeness (QED) is 0.719. The lowest BCUT2D eigenvalue weighted by atomic mass is 10.2. The number of benzene rings is 1. The van der Waals surface area contributed by atoms with Crippen LogP contribution < -0.4 is 4.74 Å². The number of carbonyl (C=O) groups is 1. The molecule has 8 nitrogen and oxygen atoms in total. The highest BCUT2D eigenvalue weighted by atomic mass is 32.2. The maximum atomic E-state index is 12.8. The van der Waals surface area contributed by atoms with E-state index < -0.39 is 22.1 Å². The summed E-state index contributed by atoms with van der Waals surface area (Å²) in [6.07, 6.45) is -2.94. The van der Waals surface area contributed by atoms with Crippen LogP contribution in [-0.2, 0) is 17.1 Å². The third-order valence-corrected chi connectivity index (χ3v) is 6.54. The van der Waals surface area contributed by atoms with Gasteiger partial charge in [0.1, 0.15) is 11.6 Å². The number of alkyl halides is 3. The lowest BCUT2D eigenvalue weighted by Gasteiger charge is -2.21. The Labute approximate surface area is 171 Å². The van der Waals surface area contributed by atoms with E-state index in [-0.39, 0.29) is 36.1 Å². The van der Waals surface area contributed by atoms with Crippen molar-refractivity contribution in [2.24, 2.45) is 7.05 Å². The molecule has 1 aliphatic heterocycles. The Morgan fingerprint density at radius 1 is 1.10 bits per heavy atom. The third kappa shape index (κ3) is 4.93. The second-order valence-corrected chi connectivity index (χ2v) is 8.74. The van der Waals surface area contributed by atoms with E-state index in [2.05, 4.69) is 9.72 Å². The Morgan fingerprint density at radius 3 is 2.33 bits per heavy atom. The van der Waals surface area contributed by atoms with Crippen LogP contribution in [0.4, 0.5) is 13.2 Å². The average Bonchev–Trinajstić information content (AvgIpc) is 2.87. The van der Waals surface area contributed by atoms with Crippen LogP contribution in [0.15, 0.2) is 35.5 Å².